The molecule has 108 valence electrons. The molecular formula is C12H17N5O2S. The first-order chi connectivity index (χ1) is 9.61. The van der Waals surface area contributed by atoms with E-state index < -0.39 is 0 Å². The van der Waals surface area contributed by atoms with Gasteiger partial charge < -0.3 is 20.0 Å². The molecule has 0 aliphatic rings. The topological polar surface area (TPSA) is 99.0 Å². The Morgan fingerprint density at radius 2 is 2.40 bits per heavy atom. The molecule has 8 heteroatoms. The smallest absolute Gasteiger partial charge is 0.233 e. The average molecular weight is 295 g/mol. The Morgan fingerprint density at radius 3 is 3.00 bits per heavy atom. The first-order valence-corrected chi connectivity index (χ1v) is 7.05. The van der Waals surface area contributed by atoms with E-state index in [9.17, 15) is 4.79 Å². The number of nitrogens with zero attached hydrogens (tertiary/aromatic N) is 3. The Hall–Kier alpha value is -1.80. The van der Waals surface area contributed by atoms with Gasteiger partial charge in [-0.15, -0.1) is 10.2 Å². The fraction of sp³-hybridized carbons (Fsp3) is 0.417. The van der Waals surface area contributed by atoms with Crippen molar-refractivity contribution >= 4 is 17.7 Å². The van der Waals surface area contributed by atoms with Crippen LogP contribution in [0, 0.1) is 0 Å². The molecule has 0 spiro atoms. The summed E-state index contributed by atoms with van der Waals surface area (Å²) in [5, 5.41) is 11.2. The third-order valence-electron chi connectivity index (χ3n) is 2.78. The highest BCUT2D eigenvalue weighted by molar-refractivity contribution is 8.00. The maximum absolute atomic E-state index is 12.0. The molecule has 3 N–H and O–H groups in total. The zero-order chi connectivity index (χ0) is 14.5. The third kappa shape index (κ3) is 3.40. The minimum absolute atomic E-state index is 0.0799. The van der Waals surface area contributed by atoms with Gasteiger partial charge in [0, 0.05) is 7.05 Å². The van der Waals surface area contributed by atoms with Gasteiger partial charge >= 0.3 is 0 Å². The van der Waals surface area contributed by atoms with Gasteiger partial charge in [0.25, 0.3) is 0 Å². The zero-order valence-corrected chi connectivity index (χ0v) is 12.2. The van der Waals surface area contributed by atoms with Crippen molar-refractivity contribution in [1.82, 2.24) is 20.1 Å². The quantitative estimate of drug-likeness (QED) is 0.760. The second-order valence-electron chi connectivity index (χ2n) is 4.22. The van der Waals surface area contributed by atoms with Crippen LogP contribution in [0.5, 0.6) is 0 Å². The zero-order valence-electron chi connectivity index (χ0n) is 11.4. The molecule has 0 bridgehead atoms. The SMILES string of the molecule is CC(Sc1nnc(CN)n1C)C(=O)NCc1ccco1. The van der Waals surface area contributed by atoms with Crippen LogP contribution in [0.1, 0.15) is 18.5 Å². The lowest BCUT2D eigenvalue weighted by molar-refractivity contribution is -0.120. The van der Waals surface area contributed by atoms with Crippen molar-refractivity contribution in [2.24, 2.45) is 12.8 Å². The molecule has 2 aromatic rings. The number of aromatic nitrogens is 3. The average Bonchev–Trinajstić information content (AvgIpc) is 3.07. The Morgan fingerprint density at radius 1 is 1.60 bits per heavy atom. The monoisotopic (exact) mass is 295 g/mol. The summed E-state index contributed by atoms with van der Waals surface area (Å²) in [6.07, 6.45) is 1.58. The maximum Gasteiger partial charge on any atom is 0.233 e. The molecule has 0 aromatic carbocycles. The van der Waals surface area contributed by atoms with E-state index in [4.69, 9.17) is 10.2 Å². The van der Waals surface area contributed by atoms with Crippen LogP contribution >= 0.6 is 11.8 Å². The first-order valence-electron chi connectivity index (χ1n) is 6.17. The standard InChI is InChI=1S/C12H17N5O2S/c1-8(11(18)14-7-9-4-3-5-19-9)20-12-16-15-10(6-13)17(12)2/h3-5,8H,6-7,13H2,1-2H3,(H,14,18). The van der Waals surface area contributed by atoms with Crippen molar-refractivity contribution in [3.8, 4) is 0 Å². The highest BCUT2D eigenvalue weighted by Gasteiger charge is 2.18. The summed E-state index contributed by atoms with van der Waals surface area (Å²) in [6.45, 7) is 2.52. The second kappa shape index (κ2) is 6.58. The predicted octanol–water partition coefficient (Wildman–Crippen LogP) is 0.664. The van der Waals surface area contributed by atoms with E-state index in [-0.39, 0.29) is 11.2 Å². The number of carbonyl (C=O) groups is 1. The molecule has 0 aliphatic heterocycles. The first kappa shape index (κ1) is 14.6. The Balaban J connectivity index is 1.88. The minimum atomic E-state index is -0.279. The van der Waals surface area contributed by atoms with Gasteiger partial charge in [-0.1, -0.05) is 11.8 Å². The summed E-state index contributed by atoms with van der Waals surface area (Å²) in [4.78, 5) is 12.0. The van der Waals surface area contributed by atoms with Crippen LogP contribution in [0.15, 0.2) is 28.0 Å². The highest BCUT2D eigenvalue weighted by atomic mass is 32.2. The lowest BCUT2D eigenvalue weighted by Gasteiger charge is -2.10. The number of nitrogens with two attached hydrogens (primary N) is 1. The molecule has 7 nitrogen and oxygen atoms in total. The molecule has 1 unspecified atom stereocenters. The van der Waals surface area contributed by atoms with Gasteiger partial charge in [-0.3, -0.25) is 4.79 Å². The van der Waals surface area contributed by atoms with Crippen LogP contribution in [-0.4, -0.2) is 25.9 Å². The van der Waals surface area contributed by atoms with Gasteiger partial charge in [0.1, 0.15) is 11.6 Å². The normalized spacial score (nSPS) is 12.3. The summed E-state index contributed by atoms with van der Waals surface area (Å²) in [6, 6.07) is 3.60. The van der Waals surface area contributed by atoms with Gasteiger partial charge in [0.15, 0.2) is 5.16 Å². The van der Waals surface area contributed by atoms with Crippen molar-refractivity contribution < 1.29 is 9.21 Å². The van der Waals surface area contributed by atoms with E-state index >= 15 is 0 Å². The maximum atomic E-state index is 12.0. The van der Waals surface area contributed by atoms with Gasteiger partial charge in [0.05, 0.1) is 24.6 Å². The number of hydrogen-bond acceptors (Lipinski definition) is 6. The van der Waals surface area contributed by atoms with Crippen LogP contribution in [0.2, 0.25) is 0 Å². The number of carbonyl (C=O) groups excluding carboxylic acids is 1. The Bertz CT molecular complexity index is 566. The van der Waals surface area contributed by atoms with Gasteiger partial charge in [-0.05, 0) is 19.1 Å². The largest absolute Gasteiger partial charge is 0.467 e. The summed E-state index contributed by atoms with van der Waals surface area (Å²) in [5.74, 6) is 1.33. The van der Waals surface area contributed by atoms with Crippen LogP contribution in [0.25, 0.3) is 0 Å². The number of thioether (sulfide) groups is 1. The van der Waals surface area contributed by atoms with Crippen molar-refractivity contribution in [1.29, 1.82) is 0 Å². The lowest BCUT2D eigenvalue weighted by atomic mass is 10.4. The number of amides is 1. The molecular weight excluding hydrogens is 278 g/mol. The van der Waals surface area contributed by atoms with E-state index in [0.29, 0.717) is 24.1 Å². The van der Waals surface area contributed by atoms with E-state index in [1.807, 2.05) is 20.0 Å². The fourth-order valence-corrected chi connectivity index (χ4v) is 2.43. The summed E-state index contributed by atoms with van der Waals surface area (Å²) < 4.78 is 6.95. The third-order valence-corrected chi connectivity index (χ3v) is 3.91. The van der Waals surface area contributed by atoms with Crippen molar-refractivity contribution in [3.63, 3.8) is 0 Å². The van der Waals surface area contributed by atoms with Crippen LogP contribution in [-0.2, 0) is 24.9 Å². The summed E-state index contributed by atoms with van der Waals surface area (Å²) >= 11 is 1.34. The van der Waals surface area contributed by atoms with E-state index in [0.717, 1.165) is 5.76 Å². The molecule has 2 rings (SSSR count). The fourth-order valence-electron chi connectivity index (χ4n) is 1.57. The van der Waals surface area contributed by atoms with Crippen molar-refractivity contribution in [3.05, 3.63) is 30.0 Å². The Labute approximate surface area is 120 Å². The van der Waals surface area contributed by atoms with Crippen LogP contribution in [0.3, 0.4) is 0 Å². The predicted molar refractivity (Wildman–Crippen MR) is 74.8 cm³/mol. The lowest BCUT2D eigenvalue weighted by Crippen LogP contribution is -2.30. The van der Waals surface area contributed by atoms with E-state index in [2.05, 4.69) is 15.5 Å². The van der Waals surface area contributed by atoms with Crippen LogP contribution in [0.4, 0.5) is 0 Å². The molecule has 0 aliphatic carbocycles. The molecule has 1 amide bonds. The molecule has 2 aromatic heterocycles. The molecule has 0 radical (unpaired) electrons. The van der Waals surface area contributed by atoms with Gasteiger partial charge in [-0.2, -0.15) is 0 Å². The molecule has 20 heavy (non-hydrogen) atoms. The number of furan rings is 1. The minimum Gasteiger partial charge on any atom is -0.467 e. The Kier molecular flexibility index (Phi) is 4.80. The molecule has 0 fully saturated rings. The summed E-state index contributed by atoms with van der Waals surface area (Å²) in [5.41, 5.74) is 5.53. The number of nitrogens with one attached hydrogen (secondary N) is 1. The molecule has 0 saturated carbocycles. The number of rotatable bonds is 6. The highest BCUT2D eigenvalue weighted by Crippen LogP contribution is 2.21. The second-order valence-corrected chi connectivity index (χ2v) is 5.53. The van der Waals surface area contributed by atoms with Gasteiger partial charge in [0.2, 0.25) is 5.91 Å². The van der Waals surface area contributed by atoms with Crippen molar-refractivity contribution in [2.75, 3.05) is 0 Å². The molecule has 1 atom stereocenters. The molecule has 0 saturated heterocycles. The number of hydrogen-bond donors (Lipinski definition) is 2. The summed E-state index contributed by atoms with van der Waals surface area (Å²) in [7, 11) is 1.83. The van der Waals surface area contributed by atoms with Crippen molar-refractivity contribution in [2.45, 2.75) is 30.4 Å². The van der Waals surface area contributed by atoms with E-state index in [1.54, 1.807) is 16.9 Å². The molecule has 2 heterocycles. The van der Waals surface area contributed by atoms with Gasteiger partial charge in [-0.25, -0.2) is 0 Å². The van der Waals surface area contributed by atoms with E-state index in [1.165, 1.54) is 11.8 Å². The van der Waals surface area contributed by atoms with Crippen LogP contribution < -0.4 is 11.1 Å².